The minimum Gasteiger partial charge on any atom is -0.491 e. The highest BCUT2D eigenvalue weighted by molar-refractivity contribution is 6.25. The third kappa shape index (κ3) is 10.0. The Morgan fingerprint density at radius 3 is 2.08 bits per heavy atom. The number of rotatable bonds is 13. The number of amides is 4. The monoisotopic (exact) mass is 999 g/mol. The number of urea groups is 1. The van der Waals surface area contributed by atoms with Crippen LogP contribution in [0.2, 0.25) is 0 Å². The zero-order valence-corrected chi connectivity index (χ0v) is 42.5. The Labute approximate surface area is 433 Å². The van der Waals surface area contributed by atoms with Gasteiger partial charge < -0.3 is 29.5 Å². The Balaban J connectivity index is 1.32. The summed E-state index contributed by atoms with van der Waals surface area (Å²) in [5.41, 5.74) is 2.22. The number of aliphatic hydroxyl groups excluding tert-OH is 1. The number of likely N-dealkylation sites (tertiary alicyclic amines) is 1. The molecule has 0 unspecified atom stereocenters. The maximum atomic E-state index is 16.9. The van der Waals surface area contributed by atoms with Crippen molar-refractivity contribution in [2.45, 2.75) is 88.2 Å². The first kappa shape index (κ1) is 51.6. The van der Waals surface area contributed by atoms with Gasteiger partial charge in [-0.3, -0.25) is 24.2 Å². The first-order valence-corrected chi connectivity index (χ1v) is 25.8. The minimum absolute atomic E-state index is 0.0404. The summed E-state index contributed by atoms with van der Waals surface area (Å²) in [6, 6.07) is 36.3. The van der Waals surface area contributed by atoms with E-state index in [-0.39, 0.29) is 18.9 Å². The summed E-state index contributed by atoms with van der Waals surface area (Å²) in [5.74, 6) is 2.73. The molecule has 0 saturated carbocycles. The van der Waals surface area contributed by atoms with Crippen LogP contribution in [-0.4, -0.2) is 109 Å². The lowest BCUT2D eigenvalue weighted by Crippen LogP contribution is -2.58. The summed E-state index contributed by atoms with van der Waals surface area (Å²) < 4.78 is 17.7. The first-order chi connectivity index (χ1) is 36.0. The van der Waals surface area contributed by atoms with Crippen LogP contribution in [-0.2, 0) is 40.6 Å². The number of nitrogens with one attached hydrogen (secondary N) is 1. The van der Waals surface area contributed by atoms with Crippen molar-refractivity contribution in [3.05, 3.63) is 167 Å². The largest absolute Gasteiger partial charge is 0.491 e. The van der Waals surface area contributed by atoms with Gasteiger partial charge in [-0.1, -0.05) is 148 Å². The van der Waals surface area contributed by atoms with E-state index in [9.17, 15) is 9.90 Å². The molecule has 3 fully saturated rings. The van der Waals surface area contributed by atoms with Crippen LogP contribution in [0.5, 0.6) is 5.75 Å². The average Bonchev–Trinajstić information content (AvgIpc) is 3.86. The number of ether oxygens (including phenoxy) is 3. The average molecular weight is 1000 g/mol. The Morgan fingerprint density at radius 1 is 0.811 bits per heavy atom. The Morgan fingerprint density at radius 2 is 1.45 bits per heavy atom. The highest BCUT2D eigenvalue weighted by Gasteiger charge is 2.76. The van der Waals surface area contributed by atoms with Gasteiger partial charge in [-0.25, -0.2) is 14.5 Å². The Bertz CT molecular complexity index is 2860. The lowest BCUT2D eigenvalue weighted by Gasteiger charge is -2.46. The van der Waals surface area contributed by atoms with Crippen LogP contribution in [0.15, 0.2) is 133 Å². The lowest BCUT2D eigenvalue weighted by atomic mass is 9.64. The van der Waals surface area contributed by atoms with E-state index < -0.39 is 77.3 Å². The summed E-state index contributed by atoms with van der Waals surface area (Å²) >= 11 is 0. The number of hydrogen-bond donors (Lipinski definition) is 2. The van der Waals surface area contributed by atoms with E-state index in [0.717, 1.165) is 48.1 Å². The van der Waals surface area contributed by atoms with E-state index >= 15 is 19.2 Å². The molecular formula is C60H65N5O9. The molecule has 4 heterocycles. The Kier molecular flexibility index (Phi) is 15.9. The molecule has 5 aromatic rings. The zero-order chi connectivity index (χ0) is 51.9. The first-order valence-electron chi connectivity index (χ1n) is 25.8. The summed E-state index contributed by atoms with van der Waals surface area (Å²) in [4.78, 5) is 84.4. The van der Waals surface area contributed by atoms with E-state index in [2.05, 4.69) is 34.2 Å². The fourth-order valence-corrected chi connectivity index (χ4v) is 11.6. The molecule has 0 aliphatic carbocycles. The number of hydrogen-bond acceptors (Lipinski definition) is 11. The molecule has 74 heavy (non-hydrogen) atoms. The molecule has 0 bridgehead atoms. The highest BCUT2D eigenvalue weighted by atomic mass is 16.6. The van der Waals surface area contributed by atoms with E-state index in [1.807, 2.05) is 103 Å². The number of morpholine rings is 1. The number of aliphatic hydroxyl groups is 1. The summed E-state index contributed by atoms with van der Waals surface area (Å²) in [7, 11) is 3.22. The summed E-state index contributed by atoms with van der Waals surface area (Å²) in [6.07, 6.45) is 3.41. The van der Waals surface area contributed by atoms with Gasteiger partial charge in [0.2, 0.25) is 11.8 Å². The molecule has 3 saturated heterocycles. The summed E-state index contributed by atoms with van der Waals surface area (Å²) in [6.45, 7) is 5.24. The molecule has 14 nitrogen and oxygen atoms in total. The number of methoxy groups -OCH3 is 1. The van der Waals surface area contributed by atoms with Crippen molar-refractivity contribution in [1.82, 2.24) is 20.0 Å². The van der Waals surface area contributed by atoms with Crippen LogP contribution in [0.1, 0.15) is 97.5 Å². The smallest absolute Gasteiger partial charge is 0.329 e. The predicted molar refractivity (Wildman–Crippen MR) is 279 cm³/mol. The molecule has 4 amide bonds. The van der Waals surface area contributed by atoms with Crippen LogP contribution in [0, 0.1) is 23.7 Å². The second-order valence-electron chi connectivity index (χ2n) is 20.0. The van der Waals surface area contributed by atoms with Crippen molar-refractivity contribution >= 4 is 35.5 Å². The maximum absolute atomic E-state index is 16.9. The number of fused-ring (bicyclic) bond motifs is 3. The van der Waals surface area contributed by atoms with Gasteiger partial charge in [0.15, 0.2) is 0 Å². The summed E-state index contributed by atoms with van der Waals surface area (Å²) in [5, 5.41) is 12.5. The topological polar surface area (TPSA) is 158 Å². The molecule has 0 aromatic heterocycles. The molecule has 2 N–H and O–H groups in total. The Hall–Kier alpha value is -7.31. The van der Waals surface area contributed by atoms with Gasteiger partial charge in [0, 0.05) is 25.2 Å². The number of esters is 2. The van der Waals surface area contributed by atoms with Crippen LogP contribution >= 0.6 is 0 Å². The molecule has 14 heteroatoms. The van der Waals surface area contributed by atoms with Crippen LogP contribution in [0.3, 0.4) is 0 Å². The van der Waals surface area contributed by atoms with E-state index in [1.54, 1.807) is 49.1 Å². The molecule has 7 atom stereocenters. The number of anilines is 1. The van der Waals surface area contributed by atoms with Gasteiger partial charge in [0.25, 0.3) is 0 Å². The van der Waals surface area contributed by atoms with Crippen molar-refractivity contribution < 1.29 is 43.3 Å². The predicted octanol–water partition coefficient (Wildman–Crippen LogP) is 7.91. The van der Waals surface area contributed by atoms with Crippen molar-refractivity contribution in [3.8, 4) is 17.6 Å². The van der Waals surface area contributed by atoms with Gasteiger partial charge in [-0.05, 0) is 84.0 Å². The van der Waals surface area contributed by atoms with E-state index in [1.165, 1.54) is 7.11 Å². The fourth-order valence-electron chi connectivity index (χ4n) is 11.6. The van der Waals surface area contributed by atoms with Gasteiger partial charge in [-0.2, -0.15) is 0 Å². The lowest BCUT2D eigenvalue weighted by molar-refractivity contribution is -0.179. The number of carbonyl (C=O) groups is 5. The van der Waals surface area contributed by atoms with Gasteiger partial charge in [-0.15, -0.1) is 0 Å². The molecule has 5 aromatic carbocycles. The number of carbonyl (C=O) groups excluding carboxylic acids is 5. The number of nitrogens with zero attached hydrogens (tertiary/aromatic N) is 4. The van der Waals surface area contributed by atoms with Crippen molar-refractivity contribution in [2.75, 3.05) is 51.9 Å². The van der Waals surface area contributed by atoms with Crippen molar-refractivity contribution in [3.63, 3.8) is 0 Å². The quantitative estimate of drug-likeness (QED) is 0.0873. The standard InChI is InChI=1S/C60H65N5O9/c1-40(2)50(56(68)72-4)61-59(71)64-48-32-27-41(22-19-33-62(3)39-42-20-11-8-12-21-42)38-47(48)60(58(64)70)49(55(67)63-34-17-6-5-7-18-35-63)52-57(69)74-53(44-25-15-10-16-26-44)51(43-23-13-9-14-24-43)65(52)54(60)45-28-30-46(31-29-45)73-37-36-66/h8-16,20-21,23-32,38,40,49-54,66H,5-7,17-18,33-37,39H2,1-4H3,(H,61,71)/t49-,50-,51-,52-,53+,54+,60-/m0/s1. The third-order valence-corrected chi connectivity index (χ3v) is 14.9. The van der Waals surface area contributed by atoms with Crippen LogP contribution < -0.4 is 15.0 Å². The number of cyclic esters (lactones) is 1. The van der Waals surface area contributed by atoms with Crippen molar-refractivity contribution in [2.24, 2.45) is 11.8 Å². The third-order valence-electron chi connectivity index (χ3n) is 14.9. The van der Waals surface area contributed by atoms with Gasteiger partial charge >= 0.3 is 18.0 Å². The van der Waals surface area contributed by atoms with E-state index in [0.29, 0.717) is 54.2 Å². The highest BCUT2D eigenvalue weighted by Crippen LogP contribution is 2.66. The minimum atomic E-state index is -2.01. The second kappa shape index (κ2) is 22.8. The van der Waals surface area contributed by atoms with E-state index in [4.69, 9.17) is 14.2 Å². The molecule has 4 aliphatic rings. The number of imide groups is 1. The van der Waals surface area contributed by atoms with Gasteiger partial charge in [0.1, 0.15) is 36.0 Å². The fraction of sp³-hybridized carbons (Fsp3) is 0.383. The molecule has 9 rings (SSSR count). The van der Waals surface area contributed by atoms with Crippen molar-refractivity contribution in [1.29, 1.82) is 0 Å². The number of benzene rings is 5. The molecule has 0 radical (unpaired) electrons. The molecule has 384 valence electrons. The molecule has 4 aliphatic heterocycles. The normalized spacial score (nSPS) is 23.0. The van der Waals surface area contributed by atoms with Crippen LogP contribution in [0.25, 0.3) is 0 Å². The van der Waals surface area contributed by atoms with Gasteiger partial charge in [0.05, 0.1) is 44.0 Å². The molecular weight excluding hydrogens is 935 g/mol. The maximum Gasteiger partial charge on any atom is 0.329 e. The van der Waals surface area contributed by atoms with Crippen LogP contribution in [0.4, 0.5) is 10.5 Å². The second-order valence-corrected chi connectivity index (χ2v) is 20.0. The molecule has 1 spiro atoms. The SMILES string of the molecule is COC(=O)[C@@H](NC(=O)N1C(=O)[C@@]2(c3cc(C#CCN(C)Cc4ccccc4)ccc31)[C@H](C(=O)N1CCCCCCC1)[C@H]1C(=O)O[C@H](c3ccccc3)[C@H](c3ccccc3)N1[C@@H]2c1ccc(OCCO)cc1)C(C)C. The zero-order valence-electron chi connectivity index (χ0n) is 42.5.